The number of para-hydroxylation sites is 1. The molecule has 0 aromatic heterocycles. The average Bonchev–Trinajstić information content (AvgIpc) is 2.64. The van der Waals surface area contributed by atoms with Crippen molar-refractivity contribution in [3.05, 3.63) is 64.1 Å². The molecular formula is C20H21BrN2O2. The Kier molecular flexibility index (Phi) is 7.03. The molecule has 0 aliphatic carbocycles. The van der Waals surface area contributed by atoms with Gasteiger partial charge in [-0.05, 0) is 37.1 Å². The SMILES string of the molecule is CCCN(C(=O)COc1ccccc1C#N)C(C)c1ccccc1Br. The third-order valence-electron chi connectivity index (χ3n) is 3.97. The van der Waals surface area contributed by atoms with Gasteiger partial charge in [0.1, 0.15) is 11.8 Å². The van der Waals surface area contributed by atoms with Gasteiger partial charge < -0.3 is 9.64 Å². The highest BCUT2D eigenvalue weighted by Gasteiger charge is 2.22. The third-order valence-corrected chi connectivity index (χ3v) is 4.69. The molecule has 1 unspecified atom stereocenters. The first-order valence-corrected chi connectivity index (χ1v) is 9.03. The van der Waals surface area contributed by atoms with Crippen molar-refractivity contribution in [3.63, 3.8) is 0 Å². The van der Waals surface area contributed by atoms with Crippen LogP contribution in [0, 0.1) is 11.3 Å². The number of carbonyl (C=O) groups excluding carboxylic acids is 1. The van der Waals surface area contributed by atoms with E-state index in [0.29, 0.717) is 17.9 Å². The minimum atomic E-state index is -0.0992. The lowest BCUT2D eigenvalue weighted by Crippen LogP contribution is -2.37. The van der Waals surface area contributed by atoms with E-state index >= 15 is 0 Å². The number of amides is 1. The summed E-state index contributed by atoms with van der Waals surface area (Å²) in [7, 11) is 0. The van der Waals surface area contributed by atoms with Crippen molar-refractivity contribution in [3.8, 4) is 11.8 Å². The van der Waals surface area contributed by atoms with Gasteiger partial charge in [0.25, 0.3) is 5.91 Å². The maximum absolute atomic E-state index is 12.7. The molecule has 0 aliphatic rings. The number of nitriles is 1. The molecule has 2 aromatic carbocycles. The fourth-order valence-electron chi connectivity index (χ4n) is 2.66. The first-order valence-electron chi connectivity index (χ1n) is 8.24. The van der Waals surface area contributed by atoms with E-state index in [9.17, 15) is 4.79 Å². The lowest BCUT2D eigenvalue weighted by Gasteiger charge is -2.30. The van der Waals surface area contributed by atoms with Gasteiger partial charge in [0.05, 0.1) is 11.6 Å². The normalized spacial score (nSPS) is 11.4. The zero-order valence-electron chi connectivity index (χ0n) is 14.4. The molecular weight excluding hydrogens is 380 g/mol. The van der Waals surface area contributed by atoms with Crippen LogP contribution in [0.1, 0.15) is 37.4 Å². The van der Waals surface area contributed by atoms with Crippen LogP contribution in [0.5, 0.6) is 5.75 Å². The summed E-state index contributed by atoms with van der Waals surface area (Å²) in [5.41, 5.74) is 1.48. The molecule has 2 aromatic rings. The number of carbonyl (C=O) groups is 1. The summed E-state index contributed by atoms with van der Waals surface area (Å²) in [6.07, 6.45) is 0.856. The van der Waals surface area contributed by atoms with Gasteiger partial charge in [-0.15, -0.1) is 0 Å². The van der Waals surface area contributed by atoms with E-state index in [0.717, 1.165) is 16.5 Å². The van der Waals surface area contributed by atoms with Crippen LogP contribution in [-0.4, -0.2) is 24.0 Å². The second kappa shape index (κ2) is 9.24. The van der Waals surface area contributed by atoms with Crippen LogP contribution < -0.4 is 4.74 Å². The van der Waals surface area contributed by atoms with Gasteiger partial charge in [0, 0.05) is 11.0 Å². The molecule has 25 heavy (non-hydrogen) atoms. The Labute approximate surface area is 157 Å². The summed E-state index contributed by atoms with van der Waals surface area (Å²) in [6.45, 7) is 4.60. The van der Waals surface area contributed by atoms with Gasteiger partial charge in [0.2, 0.25) is 0 Å². The Hall–Kier alpha value is -2.32. The fourth-order valence-corrected chi connectivity index (χ4v) is 3.28. The number of hydrogen-bond acceptors (Lipinski definition) is 3. The number of rotatable bonds is 7. The van der Waals surface area contributed by atoms with E-state index in [1.165, 1.54) is 0 Å². The van der Waals surface area contributed by atoms with Crippen molar-refractivity contribution in [2.24, 2.45) is 0 Å². The molecule has 1 atom stereocenters. The molecule has 0 heterocycles. The van der Waals surface area contributed by atoms with Gasteiger partial charge >= 0.3 is 0 Å². The molecule has 0 fully saturated rings. The Morgan fingerprint density at radius 1 is 1.24 bits per heavy atom. The molecule has 0 radical (unpaired) electrons. The number of ether oxygens (including phenoxy) is 1. The average molecular weight is 401 g/mol. The van der Waals surface area contributed by atoms with E-state index < -0.39 is 0 Å². The van der Waals surface area contributed by atoms with E-state index in [4.69, 9.17) is 10.00 Å². The molecule has 0 saturated heterocycles. The van der Waals surface area contributed by atoms with Crippen LogP contribution in [0.15, 0.2) is 53.0 Å². The Balaban J connectivity index is 2.13. The summed E-state index contributed by atoms with van der Waals surface area (Å²) in [6, 6.07) is 16.8. The lowest BCUT2D eigenvalue weighted by molar-refractivity contribution is -0.135. The largest absolute Gasteiger partial charge is 0.482 e. The summed E-state index contributed by atoms with van der Waals surface area (Å²) in [5, 5.41) is 9.11. The maximum Gasteiger partial charge on any atom is 0.261 e. The predicted molar refractivity (Wildman–Crippen MR) is 101 cm³/mol. The first-order chi connectivity index (χ1) is 12.1. The zero-order chi connectivity index (χ0) is 18.2. The molecule has 2 rings (SSSR count). The third kappa shape index (κ3) is 4.83. The van der Waals surface area contributed by atoms with Crippen LogP contribution in [0.25, 0.3) is 0 Å². The summed E-state index contributed by atoms with van der Waals surface area (Å²) >= 11 is 3.55. The molecule has 4 nitrogen and oxygen atoms in total. The van der Waals surface area contributed by atoms with Crippen LogP contribution in [0.3, 0.4) is 0 Å². The smallest absolute Gasteiger partial charge is 0.261 e. The summed E-state index contributed by atoms with van der Waals surface area (Å²) < 4.78 is 6.59. The quantitative estimate of drug-likeness (QED) is 0.676. The summed E-state index contributed by atoms with van der Waals surface area (Å²) in [4.78, 5) is 14.5. The Morgan fingerprint density at radius 3 is 2.60 bits per heavy atom. The predicted octanol–water partition coefficient (Wildman–Crippen LogP) is 4.70. The van der Waals surface area contributed by atoms with Crippen molar-refractivity contribution >= 4 is 21.8 Å². The van der Waals surface area contributed by atoms with Crippen molar-refractivity contribution in [2.75, 3.05) is 13.2 Å². The lowest BCUT2D eigenvalue weighted by atomic mass is 10.1. The molecule has 0 aliphatic heterocycles. The molecule has 130 valence electrons. The van der Waals surface area contributed by atoms with E-state index in [2.05, 4.69) is 22.0 Å². The van der Waals surface area contributed by atoms with Crippen LogP contribution >= 0.6 is 15.9 Å². The van der Waals surface area contributed by atoms with Gasteiger partial charge in [-0.25, -0.2) is 0 Å². The van der Waals surface area contributed by atoms with E-state index in [1.54, 1.807) is 24.3 Å². The van der Waals surface area contributed by atoms with Crippen LogP contribution in [0.4, 0.5) is 0 Å². The van der Waals surface area contributed by atoms with Gasteiger partial charge in [-0.1, -0.05) is 53.2 Å². The van der Waals surface area contributed by atoms with Gasteiger partial charge in [0.15, 0.2) is 6.61 Å². The second-order valence-electron chi connectivity index (χ2n) is 5.68. The van der Waals surface area contributed by atoms with Crippen molar-refractivity contribution < 1.29 is 9.53 Å². The minimum absolute atomic E-state index is 0.0714. The monoisotopic (exact) mass is 400 g/mol. The molecule has 0 saturated carbocycles. The number of hydrogen-bond donors (Lipinski definition) is 0. The molecule has 0 spiro atoms. The maximum atomic E-state index is 12.7. The van der Waals surface area contributed by atoms with Crippen molar-refractivity contribution in [1.29, 1.82) is 5.26 Å². The highest BCUT2D eigenvalue weighted by atomic mass is 79.9. The highest BCUT2D eigenvalue weighted by molar-refractivity contribution is 9.10. The van der Waals surface area contributed by atoms with Crippen LogP contribution in [-0.2, 0) is 4.79 Å². The van der Waals surface area contributed by atoms with Gasteiger partial charge in [-0.3, -0.25) is 4.79 Å². The topological polar surface area (TPSA) is 53.3 Å². The summed E-state index contributed by atoms with van der Waals surface area (Å²) in [5.74, 6) is 0.334. The highest BCUT2D eigenvalue weighted by Crippen LogP contribution is 2.28. The number of halogens is 1. The van der Waals surface area contributed by atoms with Crippen LogP contribution in [0.2, 0.25) is 0 Å². The van der Waals surface area contributed by atoms with E-state index in [-0.39, 0.29) is 18.6 Å². The van der Waals surface area contributed by atoms with E-state index in [1.807, 2.05) is 43.0 Å². The fraction of sp³-hybridized carbons (Fsp3) is 0.300. The zero-order valence-corrected chi connectivity index (χ0v) is 16.0. The molecule has 0 bridgehead atoms. The molecule has 1 amide bonds. The van der Waals surface area contributed by atoms with Crippen molar-refractivity contribution in [2.45, 2.75) is 26.3 Å². The van der Waals surface area contributed by atoms with Crippen molar-refractivity contribution in [1.82, 2.24) is 4.90 Å². The number of nitrogens with zero attached hydrogens (tertiary/aromatic N) is 2. The standard InChI is InChI=1S/C20H21BrN2O2/c1-3-12-23(15(2)17-9-5-6-10-18(17)21)20(24)14-25-19-11-7-4-8-16(19)13-22/h4-11,15H,3,12,14H2,1-2H3. The second-order valence-corrected chi connectivity index (χ2v) is 6.54. The molecule has 0 N–H and O–H groups in total. The Morgan fingerprint density at radius 2 is 1.92 bits per heavy atom. The number of benzene rings is 2. The molecule has 5 heteroatoms. The first kappa shape index (κ1) is 19.0. The Bertz CT molecular complexity index is 770. The minimum Gasteiger partial charge on any atom is -0.482 e. The van der Waals surface area contributed by atoms with Gasteiger partial charge in [-0.2, -0.15) is 5.26 Å².